The first-order chi connectivity index (χ1) is 14.0. The second-order valence-electron chi connectivity index (χ2n) is 7.95. The Bertz CT molecular complexity index is 811. The Morgan fingerprint density at radius 2 is 1.59 bits per heavy atom. The Balaban J connectivity index is 1.40. The number of rotatable bonds is 4. The third-order valence-corrected chi connectivity index (χ3v) is 6.06. The van der Waals surface area contributed by atoms with E-state index in [1.807, 2.05) is 35.2 Å². The molecule has 0 saturated carbocycles. The van der Waals surface area contributed by atoms with Gasteiger partial charge < -0.3 is 15.5 Å². The molecule has 0 radical (unpaired) electrons. The predicted molar refractivity (Wildman–Crippen MR) is 109 cm³/mol. The molecule has 2 N–H and O–H groups in total. The summed E-state index contributed by atoms with van der Waals surface area (Å²) < 4.78 is 0. The van der Waals surface area contributed by atoms with Crippen LogP contribution in [0, 0.1) is 5.92 Å². The van der Waals surface area contributed by atoms with E-state index >= 15 is 0 Å². The van der Waals surface area contributed by atoms with Gasteiger partial charge in [0.25, 0.3) is 5.91 Å². The fourth-order valence-corrected chi connectivity index (χ4v) is 4.39. The van der Waals surface area contributed by atoms with Crippen LogP contribution in [-0.4, -0.2) is 65.5 Å². The smallest absolute Gasteiger partial charge is 0.270 e. The molecule has 4 rings (SSSR count). The van der Waals surface area contributed by atoms with Crippen molar-refractivity contribution in [1.82, 2.24) is 9.80 Å². The maximum absolute atomic E-state index is 13.0. The molecular formula is C21H27N5O3. The van der Waals surface area contributed by atoms with Crippen molar-refractivity contribution in [2.24, 2.45) is 16.8 Å². The summed E-state index contributed by atoms with van der Waals surface area (Å²) in [6, 6.07) is 8.59. The molecule has 154 valence electrons. The van der Waals surface area contributed by atoms with Crippen molar-refractivity contribution in [1.29, 1.82) is 0 Å². The molecule has 2 saturated heterocycles. The van der Waals surface area contributed by atoms with Gasteiger partial charge in [-0.15, -0.1) is 0 Å². The molecule has 0 aromatic heterocycles. The molecule has 1 atom stereocenters. The topological polar surface area (TPSA) is 99.3 Å². The number of nitrogens with zero attached hydrogens (tertiary/aromatic N) is 4. The first kappa shape index (κ1) is 19.4. The molecule has 1 aromatic rings. The molecule has 3 aliphatic rings. The van der Waals surface area contributed by atoms with Crippen LogP contribution >= 0.6 is 0 Å². The summed E-state index contributed by atoms with van der Waals surface area (Å²) in [5, 5.41) is 5.98. The number of amides is 3. The fraction of sp³-hybridized carbons (Fsp3) is 0.524. The zero-order valence-corrected chi connectivity index (χ0v) is 16.5. The molecular weight excluding hydrogens is 370 g/mol. The van der Waals surface area contributed by atoms with E-state index in [0.29, 0.717) is 31.6 Å². The molecule has 3 amide bonds. The van der Waals surface area contributed by atoms with Gasteiger partial charge in [0, 0.05) is 38.5 Å². The number of piperidine rings is 1. The van der Waals surface area contributed by atoms with Crippen LogP contribution in [0.25, 0.3) is 0 Å². The van der Waals surface area contributed by atoms with Crippen LogP contribution in [0.4, 0.5) is 5.69 Å². The molecule has 8 heteroatoms. The first-order valence-electron chi connectivity index (χ1n) is 10.3. The number of carbonyl (C=O) groups is 3. The van der Waals surface area contributed by atoms with E-state index in [-0.39, 0.29) is 24.2 Å². The number of hydrogen-bond acceptors (Lipinski definition) is 5. The van der Waals surface area contributed by atoms with E-state index in [2.05, 4.69) is 5.10 Å². The predicted octanol–water partition coefficient (Wildman–Crippen LogP) is 0.968. The zero-order chi connectivity index (χ0) is 20.4. The highest BCUT2D eigenvalue weighted by atomic mass is 16.2. The molecule has 1 aromatic carbocycles. The number of hydrazone groups is 1. The van der Waals surface area contributed by atoms with Crippen molar-refractivity contribution in [2.75, 3.05) is 31.2 Å². The Morgan fingerprint density at radius 1 is 0.931 bits per heavy atom. The quantitative estimate of drug-likeness (QED) is 0.818. The molecule has 2 fully saturated rings. The molecule has 3 aliphatic heterocycles. The van der Waals surface area contributed by atoms with Gasteiger partial charge in [0.15, 0.2) is 0 Å². The van der Waals surface area contributed by atoms with E-state index in [0.717, 1.165) is 31.6 Å². The Morgan fingerprint density at radius 3 is 2.21 bits per heavy atom. The zero-order valence-electron chi connectivity index (χ0n) is 16.5. The third-order valence-electron chi connectivity index (χ3n) is 6.06. The minimum absolute atomic E-state index is 0.00171. The van der Waals surface area contributed by atoms with Crippen LogP contribution in [0.5, 0.6) is 0 Å². The van der Waals surface area contributed by atoms with Gasteiger partial charge in [-0.25, -0.2) is 0 Å². The standard InChI is InChI=1S/C21H27N5O3/c22-19(27)18-14-17(23-26(18)16-6-2-1-3-7-16)21(29)25-12-8-15(9-13-25)20(28)24-10-4-5-11-24/h1-3,6-7,15,18H,4-5,8-14H2,(H2,22,27). The van der Waals surface area contributed by atoms with Crippen LogP contribution in [-0.2, 0) is 14.4 Å². The number of hydrogen-bond donors (Lipinski definition) is 1. The largest absolute Gasteiger partial charge is 0.368 e. The van der Waals surface area contributed by atoms with Crippen LogP contribution in [0.2, 0.25) is 0 Å². The van der Waals surface area contributed by atoms with Gasteiger partial charge in [-0.2, -0.15) is 5.10 Å². The van der Waals surface area contributed by atoms with Crippen molar-refractivity contribution in [2.45, 2.75) is 38.1 Å². The minimum Gasteiger partial charge on any atom is -0.368 e. The number of primary amides is 1. The summed E-state index contributed by atoms with van der Waals surface area (Å²) in [6.07, 6.45) is 3.73. The Kier molecular flexibility index (Phi) is 5.51. The van der Waals surface area contributed by atoms with Crippen LogP contribution < -0.4 is 10.7 Å². The lowest BCUT2D eigenvalue weighted by Crippen LogP contribution is -2.46. The number of likely N-dealkylation sites (tertiary alicyclic amines) is 2. The lowest BCUT2D eigenvalue weighted by atomic mass is 9.95. The van der Waals surface area contributed by atoms with Crippen LogP contribution in [0.15, 0.2) is 35.4 Å². The SMILES string of the molecule is NC(=O)C1CC(C(=O)N2CCC(C(=O)N3CCCC3)CC2)=NN1c1ccccc1. The molecule has 0 aliphatic carbocycles. The summed E-state index contributed by atoms with van der Waals surface area (Å²) in [6.45, 7) is 2.79. The number of anilines is 1. The van der Waals surface area contributed by atoms with E-state index in [1.165, 1.54) is 0 Å². The highest BCUT2D eigenvalue weighted by molar-refractivity contribution is 6.40. The van der Waals surface area contributed by atoms with Crippen molar-refractivity contribution < 1.29 is 14.4 Å². The highest BCUT2D eigenvalue weighted by Gasteiger charge is 2.38. The number of benzene rings is 1. The van der Waals surface area contributed by atoms with Crippen LogP contribution in [0.1, 0.15) is 32.1 Å². The number of nitrogens with two attached hydrogens (primary N) is 1. The average molecular weight is 397 g/mol. The average Bonchev–Trinajstić information content (AvgIpc) is 3.44. The third kappa shape index (κ3) is 3.97. The molecule has 0 spiro atoms. The van der Waals surface area contributed by atoms with E-state index < -0.39 is 11.9 Å². The first-order valence-corrected chi connectivity index (χ1v) is 10.3. The summed E-state index contributed by atoms with van der Waals surface area (Å²) in [7, 11) is 0. The summed E-state index contributed by atoms with van der Waals surface area (Å²) >= 11 is 0. The summed E-state index contributed by atoms with van der Waals surface area (Å²) in [4.78, 5) is 41.2. The van der Waals surface area contributed by atoms with E-state index in [1.54, 1.807) is 9.91 Å². The summed E-state index contributed by atoms with van der Waals surface area (Å²) in [5.74, 6) is -0.434. The van der Waals surface area contributed by atoms with Crippen LogP contribution in [0.3, 0.4) is 0 Å². The van der Waals surface area contributed by atoms with Crippen molar-refractivity contribution >= 4 is 29.1 Å². The fourth-order valence-electron chi connectivity index (χ4n) is 4.39. The van der Waals surface area contributed by atoms with E-state index in [4.69, 9.17) is 5.73 Å². The monoisotopic (exact) mass is 397 g/mol. The Hall–Kier alpha value is -2.90. The van der Waals surface area contributed by atoms with Gasteiger partial charge in [0.1, 0.15) is 11.8 Å². The van der Waals surface area contributed by atoms with Gasteiger partial charge in [-0.1, -0.05) is 18.2 Å². The van der Waals surface area contributed by atoms with Crippen molar-refractivity contribution in [3.63, 3.8) is 0 Å². The van der Waals surface area contributed by atoms with Gasteiger partial charge >= 0.3 is 0 Å². The lowest BCUT2D eigenvalue weighted by molar-refractivity contribution is -0.138. The lowest BCUT2D eigenvalue weighted by Gasteiger charge is -2.33. The molecule has 0 bridgehead atoms. The number of para-hydroxylation sites is 1. The van der Waals surface area contributed by atoms with Crippen molar-refractivity contribution in [3.8, 4) is 0 Å². The normalized spacial score (nSPS) is 22.7. The molecule has 29 heavy (non-hydrogen) atoms. The molecule has 1 unspecified atom stereocenters. The van der Waals surface area contributed by atoms with Gasteiger partial charge in [0.2, 0.25) is 11.8 Å². The van der Waals surface area contributed by atoms with Gasteiger partial charge in [0.05, 0.1) is 5.69 Å². The van der Waals surface area contributed by atoms with Gasteiger partial charge in [-0.05, 0) is 37.8 Å². The van der Waals surface area contributed by atoms with Gasteiger partial charge in [-0.3, -0.25) is 19.4 Å². The summed E-state index contributed by atoms with van der Waals surface area (Å²) in [5.41, 5.74) is 6.64. The Labute approximate surface area is 170 Å². The number of carbonyl (C=O) groups excluding carboxylic acids is 3. The highest BCUT2D eigenvalue weighted by Crippen LogP contribution is 2.27. The second kappa shape index (κ2) is 8.23. The maximum atomic E-state index is 13.0. The second-order valence-corrected chi connectivity index (χ2v) is 7.95. The maximum Gasteiger partial charge on any atom is 0.270 e. The van der Waals surface area contributed by atoms with E-state index in [9.17, 15) is 14.4 Å². The molecule has 8 nitrogen and oxygen atoms in total. The minimum atomic E-state index is -0.661. The van der Waals surface area contributed by atoms with Crippen molar-refractivity contribution in [3.05, 3.63) is 30.3 Å². The molecule has 3 heterocycles.